The monoisotopic (exact) mass is 320 g/mol. The molecule has 3 rings (SSSR count). The van der Waals surface area contributed by atoms with Crippen LogP contribution in [0, 0.1) is 5.82 Å². The van der Waals surface area contributed by atoms with Gasteiger partial charge in [0, 0.05) is 16.5 Å². The maximum absolute atomic E-state index is 13.0. The first-order chi connectivity index (χ1) is 10.1. The van der Waals surface area contributed by atoms with Gasteiger partial charge >= 0.3 is 0 Å². The number of thiophene rings is 1. The Morgan fingerprint density at radius 1 is 1.24 bits per heavy atom. The predicted octanol–water partition coefficient (Wildman–Crippen LogP) is 3.82. The zero-order chi connectivity index (χ0) is 14.8. The van der Waals surface area contributed by atoms with Gasteiger partial charge in [-0.3, -0.25) is 0 Å². The third-order valence-corrected chi connectivity index (χ3v) is 4.41. The van der Waals surface area contributed by atoms with Crippen LogP contribution in [0.15, 0.2) is 41.1 Å². The van der Waals surface area contributed by atoms with E-state index in [1.807, 2.05) is 16.8 Å². The summed E-state index contributed by atoms with van der Waals surface area (Å²) in [5.41, 5.74) is 3.49. The average molecular weight is 320 g/mol. The van der Waals surface area contributed by atoms with Crippen molar-refractivity contribution in [2.45, 2.75) is 5.75 Å². The molecule has 0 aliphatic heterocycles. The fraction of sp³-hybridized carbons (Fsp3) is 0.133. The molecule has 3 aromatic rings. The summed E-state index contributed by atoms with van der Waals surface area (Å²) in [5.74, 6) is 0.776. The Morgan fingerprint density at radius 3 is 2.62 bits per heavy atom. The summed E-state index contributed by atoms with van der Waals surface area (Å²) in [6, 6.07) is 8.16. The molecule has 0 aliphatic carbocycles. The van der Waals surface area contributed by atoms with Crippen molar-refractivity contribution in [1.29, 1.82) is 0 Å². The number of nitrogens with zero attached hydrogens (tertiary/aromatic N) is 1. The highest BCUT2D eigenvalue weighted by molar-refractivity contribution is 7.89. The SMILES string of the molecule is C[S+]([O-])Cc1nc(-c2ccc(F)cc2)[nH]c1-c1ccsc1. The molecular formula is C15H13FN2OS2. The first-order valence-electron chi connectivity index (χ1n) is 6.31. The Hall–Kier alpha value is -1.63. The van der Waals surface area contributed by atoms with E-state index in [-0.39, 0.29) is 5.82 Å². The van der Waals surface area contributed by atoms with Crippen LogP contribution in [-0.2, 0) is 16.9 Å². The Labute approximate surface area is 129 Å². The van der Waals surface area contributed by atoms with Gasteiger partial charge in [0.25, 0.3) is 0 Å². The standard InChI is InChI=1S/C15H13FN2OS2/c1-21(19)9-13-14(11-6-7-20-8-11)18-15(17-13)10-2-4-12(16)5-3-10/h2-8H,9H2,1H3,(H,17,18). The number of hydrogen-bond donors (Lipinski definition) is 1. The highest BCUT2D eigenvalue weighted by atomic mass is 32.2. The highest BCUT2D eigenvalue weighted by Crippen LogP contribution is 2.28. The van der Waals surface area contributed by atoms with E-state index in [1.54, 1.807) is 29.7 Å². The summed E-state index contributed by atoms with van der Waals surface area (Å²) >= 11 is 0.622. The quantitative estimate of drug-likeness (QED) is 0.743. The van der Waals surface area contributed by atoms with Crippen LogP contribution in [-0.4, -0.2) is 20.8 Å². The lowest BCUT2D eigenvalue weighted by Crippen LogP contribution is -2.02. The minimum Gasteiger partial charge on any atom is -0.616 e. The fourth-order valence-electron chi connectivity index (χ4n) is 2.10. The number of aromatic nitrogens is 2. The van der Waals surface area contributed by atoms with Crippen molar-refractivity contribution >= 4 is 22.5 Å². The second-order valence-electron chi connectivity index (χ2n) is 4.64. The number of halogens is 1. The molecule has 2 aromatic heterocycles. The molecular weight excluding hydrogens is 307 g/mol. The molecule has 2 heterocycles. The third-order valence-electron chi connectivity index (χ3n) is 3.05. The van der Waals surface area contributed by atoms with Crippen LogP contribution in [0.3, 0.4) is 0 Å². The Morgan fingerprint density at radius 2 is 2.00 bits per heavy atom. The maximum atomic E-state index is 13.0. The van der Waals surface area contributed by atoms with Gasteiger partial charge in [0.1, 0.15) is 23.1 Å². The topological polar surface area (TPSA) is 51.7 Å². The number of benzene rings is 1. The third kappa shape index (κ3) is 3.18. The molecule has 1 unspecified atom stereocenters. The second kappa shape index (κ2) is 6.01. The van der Waals surface area contributed by atoms with Gasteiger partial charge in [-0.2, -0.15) is 11.3 Å². The Bertz CT molecular complexity index is 721. The summed E-state index contributed by atoms with van der Waals surface area (Å²) in [6.07, 6.45) is 1.66. The van der Waals surface area contributed by atoms with Gasteiger partial charge in [0.15, 0.2) is 0 Å². The molecule has 21 heavy (non-hydrogen) atoms. The van der Waals surface area contributed by atoms with Gasteiger partial charge in [-0.25, -0.2) is 9.37 Å². The van der Waals surface area contributed by atoms with E-state index >= 15 is 0 Å². The van der Waals surface area contributed by atoms with Crippen LogP contribution in [0.1, 0.15) is 5.69 Å². The van der Waals surface area contributed by atoms with Gasteiger partial charge < -0.3 is 9.54 Å². The average Bonchev–Trinajstić information content (AvgIpc) is 3.08. The van der Waals surface area contributed by atoms with Crippen molar-refractivity contribution in [3.63, 3.8) is 0 Å². The van der Waals surface area contributed by atoms with Crippen molar-refractivity contribution in [3.8, 4) is 22.6 Å². The molecule has 6 heteroatoms. The smallest absolute Gasteiger partial charge is 0.149 e. The van der Waals surface area contributed by atoms with Crippen LogP contribution in [0.25, 0.3) is 22.6 Å². The number of hydrogen-bond acceptors (Lipinski definition) is 3. The van der Waals surface area contributed by atoms with Crippen molar-refractivity contribution in [2.24, 2.45) is 0 Å². The van der Waals surface area contributed by atoms with E-state index in [4.69, 9.17) is 0 Å². The lowest BCUT2D eigenvalue weighted by molar-refractivity contribution is 0.599. The molecule has 0 amide bonds. The number of imidazole rings is 1. The van der Waals surface area contributed by atoms with Crippen molar-refractivity contribution in [2.75, 3.05) is 6.26 Å². The fourth-order valence-corrected chi connectivity index (χ4v) is 3.34. The molecule has 0 saturated carbocycles. The van der Waals surface area contributed by atoms with Gasteiger partial charge in [0.2, 0.25) is 0 Å². The van der Waals surface area contributed by atoms with Crippen LogP contribution in [0.4, 0.5) is 4.39 Å². The van der Waals surface area contributed by atoms with Gasteiger partial charge in [-0.15, -0.1) is 0 Å². The van der Waals surface area contributed by atoms with Crippen molar-refractivity contribution in [3.05, 3.63) is 52.6 Å². The summed E-state index contributed by atoms with van der Waals surface area (Å²) < 4.78 is 24.5. The van der Waals surface area contributed by atoms with Crippen molar-refractivity contribution < 1.29 is 8.94 Å². The van der Waals surface area contributed by atoms with Crippen LogP contribution >= 0.6 is 11.3 Å². The summed E-state index contributed by atoms with van der Waals surface area (Å²) in [5, 5.41) is 4.00. The largest absolute Gasteiger partial charge is 0.616 e. The predicted molar refractivity (Wildman–Crippen MR) is 85.1 cm³/mol. The zero-order valence-corrected chi connectivity index (χ0v) is 12.9. The van der Waals surface area contributed by atoms with Crippen LogP contribution < -0.4 is 0 Å². The molecule has 1 aromatic carbocycles. The molecule has 1 atom stereocenters. The summed E-state index contributed by atoms with van der Waals surface area (Å²) in [7, 11) is 0. The summed E-state index contributed by atoms with van der Waals surface area (Å²) in [6.45, 7) is 0. The number of rotatable bonds is 4. The number of nitrogens with one attached hydrogen (secondary N) is 1. The minimum atomic E-state index is -0.974. The Kier molecular flexibility index (Phi) is 4.10. The Balaban J connectivity index is 2.05. The van der Waals surface area contributed by atoms with E-state index in [2.05, 4.69) is 9.97 Å². The molecule has 0 fully saturated rings. The second-order valence-corrected chi connectivity index (χ2v) is 6.86. The number of H-pyrrole nitrogens is 1. The molecule has 3 nitrogen and oxygen atoms in total. The normalized spacial score (nSPS) is 12.5. The minimum absolute atomic E-state index is 0.279. The zero-order valence-electron chi connectivity index (χ0n) is 11.3. The lowest BCUT2D eigenvalue weighted by atomic mass is 10.2. The van der Waals surface area contributed by atoms with Gasteiger partial charge in [-0.1, -0.05) is 11.2 Å². The van der Waals surface area contributed by atoms with E-state index in [9.17, 15) is 8.94 Å². The van der Waals surface area contributed by atoms with E-state index in [1.165, 1.54) is 12.1 Å². The van der Waals surface area contributed by atoms with Gasteiger partial charge in [0.05, 0.1) is 11.9 Å². The van der Waals surface area contributed by atoms with Crippen LogP contribution in [0.5, 0.6) is 0 Å². The maximum Gasteiger partial charge on any atom is 0.149 e. The first kappa shape index (κ1) is 14.3. The van der Waals surface area contributed by atoms with E-state index in [0.717, 1.165) is 22.5 Å². The molecule has 0 spiro atoms. The van der Waals surface area contributed by atoms with Crippen molar-refractivity contribution in [1.82, 2.24) is 9.97 Å². The number of aromatic amines is 1. The van der Waals surface area contributed by atoms with Gasteiger partial charge in [-0.05, 0) is 35.7 Å². The highest BCUT2D eigenvalue weighted by Gasteiger charge is 2.17. The van der Waals surface area contributed by atoms with E-state index < -0.39 is 11.2 Å². The van der Waals surface area contributed by atoms with Crippen LogP contribution in [0.2, 0.25) is 0 Å². The lowest BCUT2D eigenvalue weighted by Gasteiger charge is -2.03. The molecule has 0 aliphatic rings. The van der Waals surface area contributed by atoms with E-state index in [0.29, 0.717) is 11.6 Å². The molecule has 0 bridgehead atoms. The molecule has 1 N–H and O–H groups in total. The molecule has 0 radical (unpaired) electrons. The summed E-state index contributed by atoms with van der Waals surface area (Å²) in [4.78, 5) is 7.80. The molecule has 108 valence electrons. The molecule has 0 saturated heterocycles. The first-order valence-corrected chi connectivity index (χ1v) is 8.98.